The van der Waals surface area contributed by atoms with Crippen LogP contribution in [-0.2, 0) is 14.9 Å². The van der Waals surface area contributed by atoms with E-state index >= 15 is 0 Å². The lowest BCUT2D eigenvalue weighted by Gasteiger charge is -2.33. The van der Waals surface area contributed by atoms with Gasteiger partial charge < -0.3 is 10.2 Å². The molecule has 0 radical (unpaired) electrons. The minimum absolute atomic E-state index is 0.0196. The van der Waals surface area contributed by atoms with E-state index in [2.05, 4.69) is 0 Å². The number of aromatic hydroxyl groups is 2. The van der Waals surface area contributed by atoms with Crippen molar-refractivity contribution in [3.05, 3.63) is 91.4 Å². The number of hydrogen-bond donors (Lipinski definition) is 3. The molecule has 3 rings (SSSR count). The summed E-state index contributed by atoms with van der Waals surface area (Å²) in [6, 6.07) is 11.5. The van der Waals surface area contributed by atoms with Crippen molar-refractivity contribution in [1.29, 1.82) is 0 Å². The number of phenolic OH excluding ortho intramolecular Hbond substituents is 2. The molecule has 1 atom stereocenters. The number of hydrogen-bond acceptors (Lipinski definition) is 4. The second-order valence-corrected chi connectivity index (χ2v) is 9.33. The summed E-state index contributed by atoms with van der Waals surface area (Å²) < 4.78 is 34.1. The van der Waals surface area contributed by atoms with Gasteiger partial charge in [-0.3, -0.25) is 4.55 Å². The quantitative estimate of drug-likeness (QED) is 0.311. The molecule has 0 fully saturated rings. The molecule has 152 valence electrons. The van der Waals surface area contributed by atoms with Gasteiger partial charge in [0, 0.05) is 21.7 Å². The molecular formula is C19H12Cl4O5S. The molecule has 29 heavy (non-hydrogen) atoms. The number of phenols is 2. The van der Waals surface area contributed by atoms with Crippen molar-refractivity contribution in [2.75, 3.05) is 0 Å². The fraction of sp³-hybridized carbons (Fsp3) is 0.0526. The topological polar surface area (TPSA) is 94.8 Å². The van der Waals surface area contributed by atoms with Gasteiger partial charge in [-0.05, 0) is 41.5 Å². The predicted molar refractivity (Wildman–Crippen MR) is 114 cm³/mol. The first-order chi connectivity index (χ1) is 13.5. The summed E-state index contributed by atoms with van der Waals surface area (Å²) in [5.74, 6) is -0.657. The highest BCUT2D eigenvalue weighted by molar-refractivity contribution is 7.87. The van der Waals surface area contributed by atoms with E-state index < -0.39 is 14.9 Å². The largest absolute Gasteiger partial charge is 0.506 e. The van der Waals surface area contributed by atoms with E-state index in [1.807, 2.05) is 0 Å². The van der Waals surface area contributed by atoms with Crippen LogP contribution in [0.1, 0.15) is 16.7 Å². The molecule has 0 aromatic heterocycles. The van der Waals surface area contributed by atoms with Crippen LogP contribution in [-0.4, -0.2) is 23.2 Å². The van der Waals surface area contributed by atoms with E-state index in [-0.39, 0.29) is 43.3 Å². The predicted octanol–water partition coefficient (Wildman–Crippen LogP) is 5.89. The van der Waals surface area contributed by atoms with E-state index in [4.69, 9.17) is 46.4 Å². The second-order valence-electron chi connectivity index (χ2n) is 6.11. The standard InChI is InChI=1S/C19H12Cl4O5S/c20-12-4-1-10(2-5-12)19(29(26,27)28,11-3-6-17(24)15(22)7-11)13-8-16(23)18(25)9-14(13)21/h1-9,24-25H,(H,26,27,28). The molecule has 1 unspecified atom stereocenters. The third-order valence-corrected chi connectivity index (χ3v) is 7.04. The Hall–Kier alpha value is -1.67. The van der Waals surface area contributed by atoms with Crippen LogP contribution >= 0.6 is 46.4 Å². The Bertz CT molecular complexity index is 1200. The van der Waals surface area contributed by atoms with Gasteiger partial charge in [0.2, 0.25) is 0 Å². The molecule has 3 aromatic carbocycles. The first-order valence-electron chi connectivity index (χ1n) is 7.89. The molecule has 0 saturated heterocycles. The van der Waals surface area contributed by atoms with Crippen LogP contribution in [0.3, 0.4) is 0 Å². The van der Waals surface area contributed by atoms with Gasteiger partial charge in [0.1, 0.15) is 11.5 Å². The van der Waals surface area contributed by atoms with Crippen LogP contribution < -0.4 is 0 Å². The van der Waals surface area contributed by atoms with E-state index in [1.54, 1.807) is 0 Å². The summed E-state index contributed by atoms with van der Waals surface area (Å²) in [5.41, 5.74) is -0.0721. The van der Waals surface area contributed by atoms with Crippen LogP contribution in [0.5, 0.6) is 11.5 Å². The van der Waals surface area contributed by atoms with Crippen molar-refractivity contribution in [1.82, 2.24) is 0 Å². The lowest BCUT2D eigenvalue weighted by molar-refractivity contribution is 0.456. The molecule has 10 heteroatoms. The van der Waals surface area contributed by atoms with Gasteiger partial charge in [-0.15, -0.1) is 0 Å². The average Bonchev–Trinajstić information content (AvgIpc) is 2.63. The Morgan fingerprint density at radius 1 is 0.690 bits per heavy atom. The fourth-order valence-electron chi connectivity index (χ4n) is 3.13. The highest BCUT2D eigenvalue weighted by atomic mass is 35.5. The van der Waals surface area contributed by atoms with Gasteiger partial charge in [-0.25, -0.2) is 0 Å². The Labute approximate surface area is 186 Å². The maximum absolute atomic E-state index is 12.9. The Morgan fingerprint density at radius 2 is 1.24 bits per heavy atom. The summed E-state index contributed by atoms with van der Waals surface area (Å²) in [5, 5.41) is 19.5. The monoisotopic (exact) mass is 492 g/mol. The normalized spacial score (nSPS) is 13.8. The molecule has 0 aliphatic rings. The Balaban J connectivity index is 2.56. The van der Waals surface area contributed by atoms with Crippen LogP contribution in [0.2, 0.25) is 20.1 Å². The van der Waals surface area contributed by atoms with E-state index in [0.717, 1.165) is 12.1 Å². The lowest BCUT2D eigenvalue weighted by atomic mass is 9.83. The van der Waals surface area contributed by atoms with Crippen LogP contribution in [0.4, 0.5) is 0 Å². The van der Waals surface area contributed by atoms with Gasteiger partial charge >= 0.3 is 0 Å². The van der Waals surface area contributed by atoms with Gasteiger partial charge in [-0.2, -0.15) is 8.42 Å². The molecular weight excluding hydrogens is 482 g/mol. The van der Waals surface area contributed by atoms with E-state index in [9.17, 15) is 23.2 Å². The Morgan fingerprint density at radius 3 is 1.79 bits per heavy atom. The minimum atomic E-state index is -4.99. The molecule has 0 aliphatic heterocycles. The summed E-state index contributed by atoms with van der Waals surface area (Å²) in [4.78, 5) is 0. The van der Waals surface area contributed by atoms with Crippen molar-refractivity contribution >= 4 is 56.5 Å². The molecule has 0 amide bonds. The number of benzene rings is 3. The van der Waals surface area contributed by atoms with E-state index in [0.29, 0.717) is 5.02 Å². The average molecular weight is 494 g/mol. The molecule has 0 spiro atoms. The summed E-state index contributed by atoms with van der Waals surface area (Å²) in [6.07, 6.45) is 0. The summed E-state index contributed by atoms with van der Waals surface area (Å²) in [7, 11) is -4.99. The van der Waals surface area contributed by atoms with Crippen LogP contribution in [0.25, 0.3) is 0 Å². The zero-order chi connectivity index (χ0) is 21.6. The molecule has 3 N–H and O–H groups in total. The Kier molecular flexibility index (Phi) is 5.98. The minimum Gasteiger partial charge on any atom is -0.506 e. The second kappa shape index (κ2) is 7.87. The van der Waals surface area contributed by atoms with Crippen molar-refractivity contribution in [3.63, 3.8) is 0 Å². The fourth-order valence-corrected chi connectivity index (χ4v) is 5.26. The highest BCUT2D eigenvalue weighted by Crippen LogP contribution is 2.49. The van der Waals surface area contributed by atoms with Crippen LogP contribution in [0.15, 0.2) is 54.6 Å². The van der Waals surface area contributed by atoms with Crippen LogP contribution in [0, 0.1) is 0 Å². The molecule has 3 aromatic rings. The highest BCUT2D eigenvalue weighted by Gasteiger charge is 2.50. The molecule has 0 saturated carbocycles. The third-order valence-electron chi connectivity index (χ3n) is 4.41. The summed E-state index contributed by atoms with van der Waals surface area (Å²) >= 11 is 24.3. The molecule has 5 nitrogen and oxygen atoms in total. The maximum Gasteiger partial charge on any atom is 0.283 e. The number of halogens is 4. The van der Waals surface area contributed by atoms with Crippen molar-refractivity contribution < 1.29 is 23.2 Å². The maximum atomic E-state index is 12.9. The molecule has 0 aliphatic carbocycles. The smallest absolute Gasteiger partial charge is 0.283 e. The SMILES string of the molecule is O=S(=O)(O)C(c1ccc(Cl)cc1)(c1ccc(O)c(Cl)c1)c1cc(Cl)c(O)cc1Cl. The zero-order valence-corrected chi connectivity index (χ0v) is 18.1. The van der Waals surface area contributed by atoms with Gasteiger partial charge in [0.05, 0.1) is 10.0 Å². The first kappa shape index (κ1) is 22.0. The zero-order valence-electron chi connectivity index (χ0n) is 14.3. The first-order valence-corrected chi connectivity index (χ1v) is 10.8. The molecule has 0 bridgehead atoms. The van der Waals surface area contributed by atoms with Gasteiger partial charge in [-0.1, -0.05) is 64.6 Å². The van der Waals surface area contributed by atoms with Crippen molar-refractivity contribution in [2.24, 2.45) is 0 Å². The van der Waals surface area contributed by atoms with Gasteiger partial charge in [0.15, 0.2) is 4.75 Å². The van der Waals surface area contributed by atoms with E-state index in [1.165, 1.54) is 42.5 Å². The number of rotatable bonds is 4. The van der Waals surface area contributed by atoms with Crippen molar-refractivity contribution in [2.45, 2.75) is 4.75 Å². The lowest BCUT2D eigenvalue weighted by Crippen LogP contribution is -2.38. The van der Waals surface area contributed by atoms with Crippen molar-refractivity contribution in [3.8, 4) is 11.5 Å². The van der Waals surface area contributed by atoms with Gasteiger partial charge in [0.25, 0.3) is 10.1 Å². The third kappa shape index (κ3) is 3.77. The molecule has 0 heterocycles. The summed E-state index contributed by atoms with van der Waals surface area (Å²) in [6.45, 7) is 0.